The molecular formula is C17H19N5O2. The standard InChI is InChI=1S/C17H19N5O2/c1-13-4-3-5-14(10-13)11-21-9-7-16(20-21)18-17(23)15-6-8-22(19-15)12-24-2/h3-10H,11-12H2,1-2H3,(H,18,20,23). The van der Waals surface area contributed by atoms with Crippen LogP contribution in [0.1, 0.15) is 21.6 Å². The van der Waals surface area contributed by atoms with E-state index in [0.29, 0.717) is 24.8 Å². The van der Waals surface area contributed by atoms with Crippen LogP contribution in [0.5, 0.6) is 0 Å². The Kier molecular flexibility index (Phi) is 4.72. The second-order valence-corrected chi connectivity index (χ2v) is 5.50. The Hall–Kier alpha value is -2.93. The lowest BCUT2D eigenvalue weighted by Gasteiger charge is -2.03. The van der Waals surface area contributed by atoms with Crippen molar-refractivity contribution in [1.82, 2.24) is 19.6 Å². The first-order chi connectivity index (χ1) is 11.6. The molecule has 3 rings (SSSR count). The van der Waals surface area contributed by atoms with Crippen LogP contribution < -0.4 is 5.32 Å². The Labute approximate surface area is 139 Å². The quantitative estimate of drug-likeness (QED) is 0.754. The Morgan fingerprint density at radius 1 is 1.17 bits per heavy atom. The highest BCUT2D eigenvalue weighted by atomic mass is 16.5. The molecule has 24 heavy (non-hydrogen) atoms. The van der Waals surface area contributed by atoms with E-state index in [-0.39, 0.29) is 5.91 Å². The number of carbonyl (C=O) groups is 1. The van der Waals surface area contributed by atoms with Crippen molar-refractivity contribution in [3.05, 3.63) is 65.6 Å². The van der Waals surface area contributed by atoms with E-state index >= 15 is 0 Å². The molecule has 1 N–H and O–H groups in total. The predicted molar refractivity (Wildman–Crippen MR) is 89.7 cm³/mol. The summed E-state index contributed by atoms with van der Waals surface area (Å²) in [6.45, 7) is 3.01. The van der Waals surface area contributed by atoms with Gasteiger partial charge in [0.2, 0.25) is 0 Å². The van der Waals surface area contributed by atoms with Gasteiger partial charge in [0.25, 0.3) is 5.91 Å². The van der Waals surface area contributed by atoms with Crippen molar-refractivity contribution in [2.75, 3.05) is 12.4 Å². The molecule has 0 saturated heterocycles. The Morgan fingerprint density at radius 2 is 2.00 bits per heavy atom. The number of methoxy groups -OCH3 is 1. The third-order valence-electron chi connectivity index (χ3n) is 3.44. The van der Waals surface area contributed by atoms with Gasteiger partial charge in [-0.1, -0.05) is 29.8 Å². The number of aryl methyl sites for hydroxylation is 1. The SMILES string of the molecule is COCn1ccc(C(=O)Nc2ccn(Cc3cccc(C)c3)n2)n1. The lowest BCUT2D eigenvalue weighted by Crippen LogP contribution is -2.14. The zero-order valence-corrected chi connectivity index (χ0v) is 13.6. The van der Waals surface area contributed by atoms with Crippen LogP contribution in [0, 0.1) is 6.92 Å². The van der Waals surface area contributed by atoms with E-state index in [9.17, 15) is 4.79 Å². The third kappa shape index (κ3) is 3.88. The molecule has 0 unspecified atom stereocenters. The normalized spacial score (nSPS) is 10.8. The van der Waals surface area contributed by atoms with Crippen LogP contribution in [-0.4, -0.2) is 32.6 Å². The van der Waals surface area contributed by atoms with Crippen LogP contribution in [0.4, 0.5) is 5.82 Å². The average molecular weight is 325 g/mol. The summed E-state index contributed by atoms with van der Waals surface area (Å²) in [5, 5.41) is 11.2. The molecule has 0 fully saturated rings. The van der Waals surface area contributed by atoms with Gasteiger partial charge < -0.3 is 10.1 Å². The minimum absolute atomic E-state index is 0.300. The molecule has 0 bridgehead atoms. The number of benzene rings is 1. The molecule has 2 aromatic heterocycles. The topological polar surface area (TPSA) is 74.0 Å². The van der Waals surface area contributed by atoms with Gasteiger partial charge in [0.15, 0.2) is 11.5 Å². The van der Waals surface area contributed by atoms with Crippen LogP contribution in [0.15, 0.2) is 48.8 Å². The number of ether oxygens (including phenoxy) is 1. The molecule has 0 spiro atoms. The van der Waals surface area contributed by atoms with Crippen LogP contribution in [0.3, 0.4) is 0 Å². The van der Waals surface area contributed by atoms with Gasteiger partial charge in [0, 0.05) is 25.6 Å². The molecule has 0 aliphatic heterocycles. The maximum absolute atomic E-state index is 12.2. The number of amides is 1. The molecule has 0 saturated carbocycles. The first kappa shape index (κ1) is 15.9. The van der Waals surface area contributed by atoms with Crippen molar-refractivity contribution in [3.8, 4) is 0 Å². The summed E-state index contributed by atoms with van der Waals surface area (Å²) in [5.74, 6) is 0.194. The van der Waals surface area contributed by atoms with Crippen LogP contribution in [0.25, 0.3) is 0 Å². The van der Waals surface area contributed by atoms with Gasteiger partial charge in [0.05, 0.1) is 6.54 Å². The number of hydrogen-bond donors (Lipinski definition) is 1. The summed E-state index contributed by atoms with van der Waals surface area (Å²) >= 11 is 0. The fourth-order valence-electron chi connectivity index (χ4n) is 2.38. The van der Waals surface area contributed by atoms with Crippen molar-refractivity contribution < 1.29 is 9.53 Å². The summed E-state index contributed by atoms with van der Waals surface area (Å²) in [6, 6.07) is 11.6. The van der Waals surface area contributed by atoms with Gasteiger partial charge in [-0.25, -0.2) is 4.68 Å². The van der Waals surface area contributed by atoms with Crippen molar-refractivity contribution in [2.24, 2.45) is 0 Å². The Bertz CT molecular complexity index is 837. The highest BCUT2D eigenvalue weighted by molar-refractivity contribution is 6.02. The molecule has 2 heterocycles. The van der Waals surface area contributed by atoms with Gasteiger partial charge in [-0.2, -0.15) is 10.2 Å². The molecule has 7 nitrogen and oxygen atoms in total. The summed E-state index contributed by atoms with van der Waals surface area (Å²) < 4.78 is 8.29. The van der Waals surface area contributed by atoms with E-state index in [1.165, 1.54) is 5.56 Å². The number of aromatic nitrogens is 4. The van der Waals surface area contributed by atoms with Crippen molar-refractivity contribution in [1.29, 1.82) is 0 Å². The van der Waals surface area contributed by atoms with Gasteiger partial charge >= 0.3 is 0 Å². The molecule has 3 aromatic rings. The summed E-state index contributed by atoms with van der Waals surface area (Å²) in [6.07, 6.45) is 3.52. The lowest BCUT2D eigenvalue weighted by molar-refractivity contribution is 0.101. The van der Waals surface area contributed by atoms with Crippen molar-refractivity contribution >= 4 is 11.7 Å². The van der Waals surface area contributed by atoms with Gasteiger partial charge in [-0.3, -0.25) is 9.48 Å². The number of rotatable bonds is 6. The zero-order chi connectivity index (χ0) is 16.9. The molecule has 124 valence electrons. The summed E-state index contributed by atoms with van der Waals surface area (Å²) in [4.78, 5) is 12.2. The third-order valence-corrected chi connectivity index (χ3v) is 3.44. The first-order valence-corrected chi connectivity index (χ1v) is 7.57. The van der Waals surface area contributed by atoms with E-state index < -0.39 is 0 Å². The molecule has 7 heteroatoms. The number of carbonyl (C=O) groups excluding carboxylic acids is 1. The second-order valence-electron chi connectivity index (χ2n) is 5.50. The minimum Gasteiger partial charge on any atom is -0.362 e. The average Bonchev–Trinajstić information content (AvgIpc) is 3.17. The molecule has 0 atom stereocenters. The smallest absolute Gasteiger partial charge is 0.277 e. The second kappa shape index (κ2) is 7.10. The lowest BCUT2D eigenvalue weighted by atomic mass is 10.1. The highest BCUT2D eigenvalue weighted by Crippen LogP contribution is 2.09. The number of nitrogens with zero attached hydrogens (tertiary/aromatic N) is 4. The molecule has 1 aromatic carbocycles. The maximum atomic E-state index is 12.2. The molecule has 0 aliphatic rings. The summed E-state index contributed by atoms with van der Waals surface area (Å²) in [7, 11) is 1.57. The maximum Gasteiger partial charge on any atom is 0.277 e. The molecule has 1 amide bonds. The van der Waals surface area contributed by atoms with Crippen molar-refractivity contribution in [2.45, 2.75) is 20.2 Å². The van der Waals surface area contributed by atoms with E-state index in [1.54, 1.807) is 34.8 Å². The fourth-order valence-corrected chi connectivity index (χ4v) is 2.38. The van der Waals surface area contributed by atoms with Gasteiger partial charge in [0.1, 0.15) is 6.73 Å². The van der Waals surface area contributed by atoms with Gasteiger partial charge in [-0.05, 0) is 18.6 Å². The zero-order valence-electron chi connectivity index (χ0n) is 13.6. The largest absolute Gasteiger partial charge is 0.362 e. The molecule has 0 aliphatic carbocycles. The molecular weight excluding hydrogens is 306 g/mol. The van der Waals surface area contributed by atoms with Crippen LogP contribution in [0.2, 0.25) is 0 Å². The van der Waals surface area contributed by atoms with Crippen LogP contribution in [-0.2, 0) is 18.0 Å². The predicted octanol–water partition coefficient (Wildman–Crippen LogP) is 2.29. The fraction of sp³-hybridized carbons (Fsp3) is 0.235. The van der Waals surface area contributed by atoms with Crippen LogP contribution >= 0.6 is 0 Å². The van der Waals surface area contributed by atoms with E-state index in [0.717, 1.165) is 5.56 Å². The number of hydrogen-bond acceptors (Lipinski definition) is 4. The van der Waals surface area contributed by atoms with Crippen molar-refractivity contribution in [3.63, 3.8) is 0 Å². The molecule has 0 radical (unpaired) electrons. The Morgan fingerprint density at radius 3 is 2.79 bits per heavy atom. The monoisotopic (exact) mass is 325 g/mol. The van der Waals surface area contributed by atoms with E-state index in [1.807, 2.05) is 12.3 Å². The van der Waals surface area contributed by atoms with Gasteiger partial charge in [-0.15, -0.1) is 0 Å². The highest BCUT2D eigenvalue weighted by Gasteiger charge is 2.11. The number of anilines is 1. The number of nitrogens with one attached hydrogen (secondary N) is 1. The first-order valence-electron chi connectivity index (χ1n) is 7.57. The van der Waals surface area contributed by atoms with E-state index in [4.69, 9.17) is 4.74 Å². The van der Waals surface area contributed by atoms with E-state index in [2.05, 4.69) is 40.6 Å². The summed E-state index contributed by atoms with van der Waals surface area (Å²) in [5.41, 5.74) is 2.69. The Balaban J connectivity index is 1.63. The minimum atomic E-state index is -0.300.